The number of carbonyl (C=O) groups excluding carboxylic acids is 1. The third-order valence-electron chi connectivity index (χ3n) is 3.57. The first-order valence-corrected chi connectivity index (χ1v) is 6.57. The Balaban J connectivity index is 2.05. The normalized spacial score (nSPS) is 16.0. The second kappa shape index (κ2) is 5.90. The summed E-state index contributed by atoms with van der Waals surface area (Å²) in [7, 11) is 1.52. The predicted octanol–water partition coefficient (Wildman–Crippen LogP) is 0.655. The van der Waals surface area contributed by atoms with Crippen molar-refractivity contribution in [2.75, 3.05) is 13.1 Å². The zero-order valence-corrected chi connectivity index (χ0v) is 11.6. The van der Waals surface area contributed by atoms with Crippen molar-refractivity contribution in [3.8, 4) is 0 Å². The number of nitro groups is 1. The second-order valence-corrected chi connectivity index (χ2v) is 5.13. The van der Waals surface area contributed by atoms with Gasteiger partial charge < -0.3 is 10.0 Å². The molecule has 114 valence electrons. The minimum absolute atomic E-state index is 0.0465. The summed E-state index contributed by atoms with van der Waals surface area (Å²) >= 11 is 0. The summed E-state index contributed by atoms with van der Waals surface area (Å²) in [4.78, 5) is 34.7. The quantitative estimate of drug-likeness (QED) is 0.643. The summed E-state index contributed by atoms with van der Waals surface area (Å²) in [6.07, 6.45) is 2.45. The minimum atomic E-state index is -0.847. The van der Waals surface area contributed by atoms with Crippen molar-refractivity contribution in [2.24, 2.45) is 13.0 Å². The van der Waals surface area contributed by atoms with Crippen LogP contribution in [0.3, 0.4) is 0 Å². The van der Waals surface area contributed by atoms with E-state index in [-0.39, 0.29) is 23.7 Å². The molecule has 1 aromatic rings. The number of hydrogen-bond donors (Lipinski definition) is 1. The number of rotatable bonds is 4. The Hall–Kier alpha value is -2.45. The number of piperidine rings is 1. The Bertz CT molecular complexity index is 574. The van der Waals surface area contributed by atoms with E-state index in [2.05, 4.69) is 5.10 Å². The summed E-state index contributed by atoms with van der Waals surface area (Å²) in [6.45, 7) is 0.787. The summed E-state index contributed by atoms with van der Waals surface area (Å²) < 4.78 is 1.24. The number of aromatic nitrogens is 2. The van der Waals surface area contributed by atoms with E-state index < -0.39 is 16.8 Å². The van der Waals surface area contributed by atoms with Gasteiger partial charge in [-0.1, -0.05) is 0 Å². The maximum absolute atomic E-state index is 12.3. The van der Waals surface area contributed by atoms with Crippen LogP contribution in [0.15, 0.2) is 6.20 Å². The van der Waals surface area contributed by atoms with Crippen molar-refractivity contribution in [3.63, 3.8) is 0 Å². The number of carboxylic acid groups (broad SMARTS) is 1. The van der Waals surface area contributed by atoms with Gasteiger partial charge in [0.15, 0.2) is 0 Å². The van der Waals surface area contributed by atoms with E-state index in [4.69, 9.17) is 5.11 Å². The van der Waals surface area contributed by atoms with Gasteiger partial charge in [-0.2, -0.15) is 5.10 Å². The molecule has 0 unspecified atom stereocenters. The maximum atomic E-state index is 12.3. The van der Waals surface area contributed by atoms with Gasteiger partial charge in [-0.05, 0) is 18.8 Å². The number of carbonyl (C=O) groups is 2. The van der Waals surface area contributed by atoms with Crippen molar-refractivity contribution in [1.29, 1.82) is 0 Å². The van der Waals surface area contributed by atoms with E-state index in [9.17, 15) is 19.7 Å². The topological polar surface area (TPSA) is 119 Å². The Morgan fingerprint density at radius 1 is 1.48 bits per heavy atom. The number of likely N-dealkylation sites (tertiary alicyclic amines) is 1. The van der Waals surface area contributed by atoms with E-state index >= 15 is 0 Å². The third kappa shape index (κ3) is 3.36. The lowest BCUT2D eigenvalue weighted by Crippen LogP contribution is -2.39. The second-order valence-electron chi connectivity index (χ2n) is 5.13. The molecule has 1 fully saturated rings. The highest BCUT2D eigenvalue weighted by molar-refractivity contribution is 5.96. The molecule has 0 atom stereocenters. The first-order valence-electron chi connectivity index (χ1n) is 6.57. The van der Waals surface area contributed by atoms with Crippen LogP contribution < -0.4 is 0 Å². The molecule has 2 heterocycles. The van der Waals surface area contributed by atoms with Crippen molar-refractivity contribution in [3.05, 3.63) is 22.0 Å². The highest BCUT2D eigenvalue weighted by atomic mass is 16.6. The summed E-state index contributed by atoms with van der Waals surface area (Å²) in [5.41, 5.74) is -0.477. The molecule has 0 aromatic carbocycles. The Labute approximate surface area is 120 Å². The smallest absolute Gasteiger partial charge is 0.320 e. The fraction of sp³-hybridized carbons (Fsp3) is 0.583. The molecule has 0 spiro atoms. The molecular weight excluding hydrogens is 280 g/mol. The molecule has 21 heavy (non-hydrogen) atoms. The van der Waals surface area contributed by atoms with Gasteiger partial charge in [0.1, 0.15) is 6.20 Å². The number of aryl methyl sites for hydroxylation is 1. The number of hydrogen-bond acceptors (Lipinski definition) is 5. The van der Waals surface area contributed by atoms with Crippen molar-refractivity contribution >= 4 is 17.6 Å². The predicted molar refractivity (Wildman–Crippen MR) is 70.7 cm³/mol. The molecule has 0 bridgehead atoms. The molecule has 1 amide bonds. The Kier molecular flexibility index (Phi) is 4.20. The van der Waals surface area contributed by atoms with Gasteiger partial charge in [0.25, 0.3) is 5.91 Å². The number of aliphatic carboxylic acids is 1. The zero-order valence-electron chi connectivity index (χ0n) is 11.6. The van der Waals surface area contributed by atoms with Crippen molar-refractivity contribution in [1.82, 2.24) is 14.7 Å². The maximum Gasteiger partial charge on any atom is 0.320 e. The van der Waals surface area contributed by atoms with Gasteiger partial charge in [0.05, 0.1) is 4.92 Å². The van der Waals surface area contributed by atoms with Gasteiger partial charge in [0, 0.05) is 26.6 Å². The van der Waals surface area contributed by atoms with Crippen molar-refractivity contribution in [2.45, 2.75) is 19.3 Å². The van der Waals surface area contributed by atoms with Gasteiger partial charge in [-0.25, -0.2) is 0 Å². The van der Waals surface area contributed by atoms with Crippen LogP contribution in [0, 0.1) is 16.0 Å². The largest absolute Gasteiger partial charge is 0.481 e. The Morgan fingerprint density at radius 2 is 2.10 bits per heavy atom. The molecule has 0 saturated carbocycles. The monoisotopic (exact) mass is 296 g/mol. The SMILES string of the molecule is Cn1cc([N+](=O)[O-])c(C(=O)N2CCC(CC(=O)O)CC2)n1. The number of carboxylic acids is 1. The average Bonchev–Trinajstić information content (AvgIpc) is 2.80. The summed E-state index contributed by atoms with van der Waals surface area (Å²) in [6, 6.07) is 0. The van der Waals surface area contributed by atoms with Crippen LogP contribution in [0.25, 0.3) is 0 Å². The minimum Gasteiger partial charge on any atom is -0.481 e. The van der Waals surface area contributed by atoms with Gasteiger partial charge in [0.2, 0.25) is 5.69 Å². The first-order chi connectivity index (χ1) is 9.88. The molecule has 2 rings (SSSR count). The average molecular weight is 296 g/mol. The molecule has 9 nitrogen and oxygen atoms in total. The number of amides is 1. The van der Waals surface area contributed by atoms with E-state index in [1.165, 1.54) is 22.8 Å². The van der Waals surface area contributed by atoms with Crippen molar-refractivity contribution < 1.29 is 19.6 Å². The van der Waals surface area contributed by atoms with E-state index in [1.807, 2.05) is 0 Å². The van der Waals surface area contributed by atoms with Crippen LogP contribution in [0.1, 0.15) is 29.8 Å². The molecule has 0 aliphatic carbocycles. The Morgan fingerprint density at radius 3 is 2.62 bits per heavy atom. The van der Waals surface area contributed by atoms with Gasteiger partial charge in [-0.3, -0.25) is 24.4 Å². The summed E-state index contributed by atoms with van der Waals surface area (Å²) in [5.74, 6) is -1.28. The van der Waals surface area contributed by atoms with Gasteiger partial charge in [-0.15, -0.1) is 0 Å². The lowest BCUT2D eigenvalue weighted by atomic mass is 9.93. The third-order valence-corrected chi connectivity index (χ3v) is 3.57. The molecule has 9 heteroatoms. The molecule has 1 aliphatic heterocycles. The van der Waals surface area contributed by atoms with E-state index in [0.29, 0.717) is 25.9 Å². The van der Waals surface area contributed by atoms with Crippen LogP contribution >= 0.6 is 0 Å². The standard InChI is InChI=1S/C12H16N4O5/c1-14-7-9(16(20)21)11(13-14)12(19)15-4-2-8(3-5-15)6-10(17)18/h7-8H,2-6H2,1H3,(H,17,18). The number of nitrogens with zero attached hydrogens (tertiary/aromatic N) is 4. The molecule has 1 aromatic heterocycles. The molecule has 1 saturated heterocycles. The highest BCUT2D eigenvalue weighted by Crippen LogP contribution is 2.24. The fourth-order valence-corrected chi connectivity index (χ4v) is 2.50. The van der Waals surface area contributed by atoms with Crippen LogP contribution in [0.2, 0.25) is 0 Å². The van der Waals surface area contributed by atoms with Gasteiger partial charge >= 0.3 is 11.7 Å². The summed E-state index contributed by atoms with van der Waals surface area (Å²) in [5, 5.41) is 23.5. The lowest BCUT2D eigenvalue weighted by molar-refractivity contribution is -0.385. The zero-order chi connectivity index (χ0) is 15.6. The highest BCUT2D eigenvalue weighted by Gasteiger charge is 2.31. The first kappa shape index (κ1) is 14.9. The molecule has 0 radical (unpaired) electrons. The van der Waals surface area contributed by atoms with Crippen LogP contribution in [0.5, 0.6) is 0 Å². The van der Waals surface area contributed by atoms with Crippen LogP contribution in [0.4, 0.5) is 5.69 Å². The van der Waals surface area contributed by atoms with Crippen LogP contribution in [-0.2, 0) is 11.8 Å². The molecular formula is C12H16N4O5. The van der Waals surface area contributed by atoms with E-state index in [0.717, 1.165) is 0 Å². The van der Waals surface area contributed by atoms with E-state index in [1.54, 1.807) is 0 Å². The fourth-order valence-electron chi connectivity index (χ4n) is 2.50. The molecule has 1 N–H and O–H groups in total. The lowest BCUT2D eigenvalue weighted by Gasteiger charge is -2.30. The van der Waals surface area contributed by atoms with Crippen LogP contribution in [-0.4, -0.2) is 49.7 Å². The molecule has 1 aliphatic rings.